The second-order valence-electron chi connectivity index (χ2n) is 9.66. The fraction of sp³-hybridized carbons (Fsp3) is 0.619. The summed E-state index contributed by atoms with van der Waals surface area (Å²) in [6.45, 7) is 19.5. The number of benzene rings is 1. The Morgan fingerprint density at radius 3 is 1.64 bits per heavy atom. The summed E-state index contributed by atoms with van der Waals surface area (Å²) < 4.78 is 6.58. The Bertz CT molecular complexity index is 646. The predicted octanol–water partition coefficient (Wildman–Crippen LogP) is 4.93. The standard InChI is InChI=1S/C21H33NO3/c1-14(23)25-18-16(19(2,3)4)11-15(12-17(18)20(5,6)7)13-22(24)21(8,9)10/h11-13H,1-10H3/b22-13-. The molecule has 0 atom stereocenters. The van der Waals surface area contributed by atoms with Crippen LogP contribution in [0.1, 0.15) is 85.9 Å². The zero-order valence-electron chi connectivity index (χ0n) is 17.4. The molecule has 0 aliphatic heterocycles. The lowest BCUT2D eigenvalue weighted by atomic mass is 9.78. The van der Waals surface area contributed by atoms with Gasteiger partial charge in [0.05, 0.1) is 0 Å². The van der Waals surface area contributed by atoms with Gasteiger partial charge in [-0.1, -0.05) is 41.5 Å². The zero-order valence-corrected chi connectivity index (χ0v) is 17.4. The van der Waals surface area contributed by atoms with E-state index in [0.29, 0.717) is 5.75 Å². The smallest absolute Gasteiger partial charge is 0.308 e. The molecule has 0 amide bonds. The van der Waals surface area contributed by atoms with Gasteiger partial charge in [-0.15, -0.1) is 0 Å². The summed E-state index contributed by atoms with van der Waals surface area (Å²) in [7, 11) is 0. The molecule has 0 fully saturated rings. The summed E-state index contributed by atoms with van der Waals surface area (Å²) in [4.78, 5) is 11.7. The zero-order chi connectivity index (χ0) is 19.8. The van der Waals surface area contributed by atoms with Gasteiger partial charge in [-0.05, 0) is 23.0 Å². The van der Waals surface area contributed by atoms with E-state index in [-0.39, 0.29) is 16.8 Å². The fourth-order valence-electron chi connectivity index (χ4n) is 2.42. The van der Waals surface area contributed by atoms with Crippen LogP contribution < -0.4 is 4.74 Å². The summed E-state index contributed by atoms with van der Waals surface area (Å²) in [5.74, 6) is 0.269. The predicted molar refractivity (Wildman–Crippen MR) is 104 cm³/mol. The summed E-state index contributed by atoms with van der Waals surface area (Å²) in [6, 6.07) is 3.90. The molecule has 0 saturated carbocycles. The van der Waals surface area contributed by atoms with E-state index in [0.717, 1.165) is 21.4 Å². The van der Waals surface area contributed by atoms with Crippen LogP contribution in [0.25, 0.3) is 0 Å². The van der Waals surface area contributed by atoms with Crippen molar-refractivity contribution in [2.45, 2.75) is 85.6 Å². The quantitative estimate of drug-likeness (QED) is 0.190. The number of rotatable bonds is 2. The van der Waals surface area contributed by atoms with Gasteiger partial charge in [-0.2, -0.15) is 0 Å². The molecule has 0 saturated heterocycles. The molecule has 0 radical (unpaired) electrons. The van der Waals surface area contributed by atoms with Crippen LogP contribution in [0, 0.1) is 5.21 Å². The lowest BCUT2D eigenvalue weighted by molar-refractivity contribution is -0.530. The van der Waals surface area contributed by atoms with Crippen molar-refractivity contribution in [1.29, 1.82) is 0 Å². The number of hydroxylamine groups is 1. The first-order valence-corrected chi connectivity index (χ1v) is 8.72. The highest BCUT2D eigenvalue weighted by Crippen LogP contribution is 2.40. The molecular weight excluding hydrogens is 314 g/mol. The molecule has 1 aromatic rings. The summed E-state index contributed by atoms with van der Waals surface area (Å²) in [5, 5.41) is 12.4. The molecule has 25 heavy (non-hydrogen) atoms. The molecule has 140 valence electrons. The highest BCUT2D eigenvalue weighted by Gasteiger charge is 2.29. The fourth-order valence-corrected chi connectivity index (χ4v) is 2.42. The second kappa shape index (κ2) is 6.81. The Morgan fingerprint density at radius 2 is 1.36 bits per heavy atom. The molecule has 4 nitrogen and oxygen atoms in total. The molecule has 0 N–H and O–H groups in total. The summed E-state index contributed by atoms with van der Waals surface area (Å²) in [6.07, 6.45) is 1.61. The van der Waals surface area contributed by atoms with E-state index in [1.54, 1.807) is 6.21 Å². The number of ether oxygens (including phenoxy) is 1. The maximum atomic E-state index is 12.4. The lowest BCUT2D eigenvalue weighted by Gasteiger charge is -2.29. The van der Waals surface area contributed by atoms with Crippen molar-refractivity contribution < 1.29 is 14.3 Å². The van der Waals surface area contributed by atoms with Crippen molar-refractivity contribution in [1.82, 2.24) is 0 Å². The average Bonchev–Trinajstić information content (AvgIpc) is 2.35. The van der Waals surface area contributed by atoms with Crippen LogP contribution in [0.5, 0.6) is 5.75 Å². The number of esters is 1. The van der Waals surface area contributed by atoms with Gasteiger partial charge in [0.25, 0.3) is 0 Å². The molecule has 1 rings (SSSR count). The van der Waals surface area contributed by atoms with Gasteiger partial charge in [-0.3, -0.25) is 4.79 Å². The van der Waals surface area contributed by atoms with E-state index >= 15 is 0 Å². The van der Waals surface area contributed by atoms with E-state index in [1.807, 2.05) is 32.9 Å². The number of carbonyl (C=O) groups excluding carboxylic acids is 1. The first-order valence-electron chi connectivity index (χ1n) is 8.72. The minimum atomic E-state index is -0.516. The lowest BCUT2D eigenvalue weighted by Crippen LogP contribution is -2.29. The second-order valence-corrected chi connectivity index (χ2v) is 9.66. The Labute approximate surface area is 152 Å². The van der Waals surface area contributed by atoms with Gasteiger partial charge in [0, 0.05) is 44.4 Å². The van der Waals surface area contributed by atoms with Crippen molar-refractivity contribution in [3.63, 3.8) is 0 Å². The molecule has 0 aliphatic rings. The highest BCUT2D eigenvalue weighted by atomic mass is 16.5. The Kier molecular flexibility index (Phi) is 5.78. The van der Waals surface area contributed by atoms with Crippen molar-refractivity contribution in [2.24, 2.45) is 0 Å². The number of hydrogen-bond donors (Lipinski definition) is 0. The van der Waals surface area contributed by atoms with Gasteiger partial charge in [0.15, 0.2) is 11.8 Å². The van der Waals surface area contributed by atoms with E-state index < -0.39 is 5.54 Å². The van der Waals surface area contributed by atoms with E-state index in [4.69, 9.17) is 4.74 Å². The third-order valence-electron chi connectivity index (χ3n) is 3.90. The highest BCUT2D eigenvalue weighted by molar-refractivity contribution is 5.79. The van der Waals surface area contributed by atoms with E-state index in [1.165, 1.54) is 6.92 Å². The first kappa shape index (κ1) is 21.2. The number of carbonyl (C=O) groups is 1. The summed E-state index contributed by atoms with van der Waals surface area (Å²) >= 11 is 0. The minimum Gasteiger partial charge on any atom is -0.623 e. The molecule has 0 spiro atoms. The maximum absolute atomic E-state index is 12.4. The number of hydrogen-bond acceptors (Lipinski definition) is 3. The maximum Gasteiger partial charge on any atom is 0.308 e. The first-order chi connectivity index (χ1) is 11.0. The van der Waals surface area contributed by atoms with Crippen LogP contribution in [0.15, 0.2) is 12.1 Å². The Balaban J connectivity index is 3.79. The van der Waals surface area contributed by atoms with Crippen LogP contribution in [-0.4, -0.2) is 22.5 Å². The molecule has 1 aromatic carbocycles. The van der Waals surface area contributed by atoms with Gasteiger partial charge < -0.3 is 9.94 Å². The van der Waals surface area contributed by atoms with E-state index in [2.05, 4.69) is 41.5 Å². The van der Waals surface area contributed by atoms with Crippen LogP contribution in [0.3, 0.4) is 0 Å². The summed E-state index contributed by atoms with van der Waals surface area (Å²) in [5.41, 5.74) is 1.68. The SMILES string of the molecule is CC(=O)Oc1c(C(C)(C)C)cc(/C=[N+](\[O-])C(C)(C)C)cc1C(C)(C)C. The molecular formula is C21H33NO3. The van der Waals surface area contributed by atoms with Gasteiger partial charge in [0.1, 0.15) is 5.75 Å². The van der Waals surface area contributed by atoms with Gasteiger partial charge in [0.2, 0.25) is 0 Å². The molecule has 0 unspecified atom stereocenters. The normalized spacial score (nSPS) is 13.8. The molecule has 4 heteroatoms. The number of nitrogens with zero attached hydrogens (tertiary/aromatic N) is 1. The topological polar surface area (TPSA) is 52.4 Å². The van der Waals surface area contributed by atoms with Gasteiger partial charge in [-0.25, -0.2) is 4.74 Å². The third kappa shape index (κ3) is 5.58. The van der Waals surface area contributed by atoms with Crippen molar-refractivity contribution in [3.8, 4) is 5.75 Å². The molecule has 0 heterocycles. The van der Waals surface area contributed by atoms with Crippen LogP contribution in [0.2, 0.25) is 0 Å². The third-order valence-corrected chi connectivity index (χ3v) is 3.90. The Hall–Kier alpha value is -1.84. The average molecular weight is 347 g/mol. The van der Waals surface area contributed by atoms with Crippen molar-refractivity contribution in [3.05, 3.63) is 34.0 Å². The van der Waals surface area contributed by atoms with E-state index in [9.17, 15) is 10.0 Å². The minimum absolute atomic E-state index is 0.232. The molecule has 0 bridgehead atoms. The Morgan fingerprint density at radius 1 is 0.960 bits per heavy atom. The van der Waals surface area contributed by atoms with Crippen LogP contribution >= 0.6 is 0 Å². The van der Waals surface area contributed by atoms with Crippen molar-refractivity contribution in [2.75, 3.05) is 0 Å². The van der Waals surface area contributed by atoms with Gasteiger partial charge >= 0.3 is 5.97 Å². The monoisotopic (exact) mass is 347 g/mol. The largest absolute Gasteiger partial charge is 0.623 e. The van der Waals surface area contributed by atoms with Crippen molar-refractivity contribution >= 4 is 12.2 Å². The molecule has 0 aliphatic carbocycles. The van der Waals surface area contributed by atoms with Crippen LogP contribution in [-0.2, 0) is 15.6 Å². The molecule has 0 aromatic heterocycles. The van der Waals surface area contributed by atoms with Crippen LogP contribution in [0.4, 0.5) is 0 Å².